The number of amides is 1. The molecule has 0 saturated heterocycles. The summed E-state index contributed by atoms with van der Waals surface area (Å²) in [7, 11) is 0. The lowest BCUT2D eigenvalue weighted by Gasteiger charge is -2.06. The molecule has 0 aliphatic carbocycles. The molecule has 1 N–H and O–H groups in total. The number of carbonyl (C=O) groups is 1. The van der Waals surface area contributed by atoms with Crippen LogP contribution in [0.1, 0.15) is 15.9 Å². The van der Waals surface area contributed by atoms with Crippen LogP contribution in [-0.2, 0) is 6.42 Å². The number of rotatable bonds is 4. The Morgan fingerprint density at radius 3 is 2.78 bits per heavy atom. The molecule has 0 aliphatic rings. The Morgan fingerprint density at radius 1 is 1.28 bits per heavy atom. The van der Waals surface area contributed by atoms with Gasteiger partial charge < -0.3 is 9.73 Å². The quantitative estimate of drug-likeness (QED) is 0.932. The second kappa shape index (κ2) is 5.94. The van der Waals surface area contributed by atoms with Crippen LogP contribution in [0.15, 0.2) is 41.2 Å². The summed E-state index contributed by atoms with van der Waals surface area (Å²) < 4.78 is 4.84. The minimum Gasteiger partial charge on any atom is -0.472 e. The molecule has 1 amide bonds. The van der Waals surface area contributed by atoms with Gasteiger partial charge in [-0.05, 0) is 30.2 Å². The zero-order valence-electron chi connectivity index (χ0n) is 9.45. The van der Waals surface area contributed by atoms with Crippen LogP contribution >= 0.6 is 23.2 Å². The van der Waals surface area contributed by atoms with Crippen LogP contribution in [0.4, 0.5) is 0 Å². The largest absolute Gasteiger partial charge is 0.472 e. The van der Waals surface area contributed by atoms with Crippen molar-refractivity contribution in [3.05, 3.63) is 58.0 Å². The van der Waals surface area contributed by atoms with E-state index in [1.807, 2.05) is 6.07 Å². The number of furan rings is 1. The first kappa shape index (κ1) is 13.0. The highest BCUT2D eigenvalue weighted by Gasteiger charge is 2.06. The van der Waals surface area contributed by atoms with Crippen molar-refractivity contribution in [2.24, 2.45) is 0 Å². The van der Waals surface area contributed by atoms with E-state index in [9.17, 15) is 4.79 Å². The molecule has 0 fully saturated rings. The molecule has 5 heteroatoms. The summed E-state index contributed by atoms with van der Waals surface area (Å²) in [6.45, 7) is 0.505. The molecule has 0 bridgehead atoms. The van der Waals surface area contributed by atoms with E-state index in [1.165, 1.54) is 12.5 Å². The molecule has 2 aromatic rings. The van der Waals surface area contributed by atoms with E-state index in [0.717, 1.165) is 5.56 Å². The first-order chi connectivity index (χ1) is 8.66. The highest BCUT2D eigenvalue weighted by atomic mass is 35.5. The summed E-state index contributed by atoms with van der Waals surface area (Å²) in [5.74, 6) is -0.158. The monoisotopic (exact) mass is 283 g/mol. The van der Waals surface area contributed by atoms with Crippen LogP contribution in [-0.4, -0.2) is 12.5 Å². The fourth-order valence-electron chi connectivity index (χ4n) is 1.53. The van der Waals surface area contributed by atoms with Crippen LogP contribution < -0.4 is 5.32 Å². The van der Waals surface area contributed by atoms with Crippen LogP contribution in [0.3, 0.4) is 0 Å². The van der Waals surface area contributed by atoms with Gasteiger partial charge in [0.15, 0.2) is 0 Å². The van der Waals surface area contributed by atoms with Crippen molar-refractivity contribution >= 4 is 29.1 Å². The topological polar surface area (TPSA) is 42.2 Å². The predicted octanol–water partition coefficient (Wildman–Crippen LogP) is 3.56. The highest BCUT2D eigenvalue weighted by Crippen LogP contribution is 2.21. The van der Waals surface area contributed by atoms with Gasteiger partial charge in [-0.25, -0.2) is 0 Å². The number of benzene rings is 1. The smallest absolute Gasteiger partial charge is 0.254 e. The molecule has 0 saturated carbocycles. The molecule has 0 radical (unpaired) electrons. The van der Waals surface area contributed by atoms with Gasteiger partial charge in [0, 0.05) is 16.6 Å². The lowest BCUT2D eigenvalue weighted by molar-refractivity contribution is 0.0953. The Bertz CT molecular complexity index is 538. The van der Waals surface area contributed by atoms with Gasteiger partial charge in [0.05, 0.1) is 11.8 Å². The van der Waals surface area contributed by atoms with Gasteiger partial charge in [0.25, 0.3) is 5.91 Å². The van der Waals surface area contributed by atoms with Crippen molar-refractivity contribution in [1.82, 2.24) is 5.32 Å². The van der Waals surface area contributed by atoms with E-state index >= 15 is 0 Å². The molecule has 0 spiro atoms. The standard InChI is InChI=1S/C13H11Cl2NO2/c14-11-2-1-9(12(15)7-11)3-5-16-13(17)10-4-6-18-8-10/h1-2,4,6-8H,3,5H2,(H,16,17). The second-order valence-electron chi connectivity index (χ2n) is 3.75. The van der Waals surface area contributed by atoms with E-state index < -0.39 is 0 Å². The number of nitrogens with one attached hydrogen (secondary N) is 1. The summed E-state index contributed by atoms with van der Waals surface area (Å²) in [6, 6.07) is 6.94. The Balaban J connectivity index is 1.87. The molecule has 94 valence electrons. The van der Waals surface area contributed by atoms with Gasteiger partial charge in [0.1, 0.15) is 6.26 Å². The molecule has 1 aromatic heterocycles. The zero-order valence-corrected chi connectivity index (χ0v) is 11.0. The Hall–Kier alpha value is -1.45. The van der Waals surface area contributed by atoms with Gasteiger partial charge in [-0.1, -0.05) is 29.3 Å². The third-order valence-electron chi connectivity index (χ3n) is 2.48. The van der Waals surface area contributed by atoms with Crippen molar-refractivity contribution < 1.29 is 9.21 Å². The predicted molar refractivity (Wildman–Crippen MR) is 71.2 cm³/mol. The van der Waals surface area contributed by atoms with Crippen LogP contribution in [0.5, 0.6) is 0 Å². The lowest BCUT2D eigenvalue weighted by atomic mass is 10.1. The van der Waals surface area contributed by atoms with Crippen molar-refractivity contribution in [1.29, 1.82) is 0 Å². The van der Waals surface area contributed by atoms with Crippen molar-refractivity contribution in [3.8, 4) is 0 Å². The summed E-state index contributed by atoms with van der Waals surface area (Å²) >= 11 is 11.8. The Kier molecular flexibility index (Phi) is 4.28. The first-order valence-electron chi connectivity index (χ1n) is 5.41. The van der Waals surface area contributed by atoms with Crippen LogP contribution in [0.2, 0.25) is 10.0 Å². The molecule has 1 aromatic carbocycles. The van der Waals surface area contributed by atoms with Gasteiger partial charge in [0.2, 0.25) is 0 Å². The average Bonchev–Trinajstić information content (AvgIpc) is 2.85. The number of carbonyl (C=O) groups excluding carboxylic acids is 1. The van der Waals surface area contributed by atoms with Gasteiger partial charge in [-0.15, -0.1) is 0 Å². The highest BCUT2D eigenvalue weighted by molar-refractivity contribution is 6.35. The van der Waals surface area contributed by atoms with Gasteiger partial charge in [-0.2, -0.15) is 0 Å². The minimum absolute atomic E-state index is 0.158. The number of hydrogen-bond donors (Lipinski definition) is 1. The summed E-state index contributed by atoms with van der Waals surface area (Å²) in [4.78, 5) is 11.6. The molecule has 18 heavy (non-hydrogen) atoms. The Labute approximate surface area is 115 Å². The molecular formula is C13H11Cl2NO2. The molecule has 0 aliphatic heterocycles. The fraction of sp³-hybridized carbons (Fsp3) is 0.154. The van der Waals surface area contributed by atoms with E-state index in [2.05, 4.69) is 5.32 Å². The van der Waals surface area contributed by atoms with E-state index in [-0.39, 0.29) is 5.91 Å². The summed E-state index contributed by atoms with van der Waals surface area (Å²) in [5, 5.41) is 4.00. The second-order valence-corrected chi connectivity index (χ2v) is 4.60. The van der Waals surface area contributed by atoms with Crippen LogP contribution in [0, 0.1) is 0 Å². The SMILES string of the molecule is O=C(NCCc1ccc(Cl)cc1Cl)c1ccoc1. The molecule has 0 atom stereocenters. The van der Waals surface area contributed by atoms with Crippen LogP contribution in [0.25, 0.3) is 0 Å². The third kappa shape index (κ3) is 3.28. The molecule has 2 rings (SSSR count). The summed E-state index contributed by atoms with van der Waals surface area (Å²) in [5.41, 5.74) is 1.46. The molecule has 3 nitrogen and oxygen atoms in total. The lowest BCUT2D eigenvalue weighted by Crippen LogP contribution is -2.25. The fourth-order valence-corrected chi connectivity index (χ4v) is 2.03. The maximum Gasteiger partial charge on any atom is 0.254 e. The van der Waals surface area contributed by atoms with Crippen molar-refractivity contribution in [2.45, 2.75) is 6.42 Å². The normalized spacial score (nSPS) is 10.3. The molecular weight excluding hydrogens is 273 g/mol. The van der Waals surface area contributed by atoms with Crippen molar-refractivity contribution in [3.63, 3.8) is 0 Å². The molecule has 0 unspecified atom stereocenters. The first-order valence-corrected chi connectivity index (χ1v) is 6.17. The minimum atomic E-state index is -0.158. The maximum atomic E-state index is 11.6. The number of halogens is 2. The zero-order chi connectivity index (χ0) is 13.0. The van der Waals surface area contributed by atoms with Crippen molar-refractivity contribution in [2.75, 3.05) is 6.54 Å². The van der Waals surface area contributed by atoms with E-state index in [4.69, 9.17) is 27.6 Å². The Morgan fingerprint density at radius 2 is 2.11 bits per heavy atom. The van der Waals surface area contributed by atoms with E-state index in [0.29, 0.717) is 28.6 Å². The van der Waals surface area contributed by atoms with E-state index in [1.54, 1.807) is 18.2 Å². The van der Waals surface area contributed by atoms with Gasteiger partial charge in [-0.3, -0.25) is 4.79 Å². The number of hydrogen-bond acceptors (Lipinski definition) is 2. The van der Waals surface area contributed by atoms with Gasteiger partial charge >= 0.3 is 0 Å². The molecule has 1 heterocycles. The summed E-state index contributed by atoms with van der Waals surface area (Å²) in [6.07, 6.45) is 3.52. The third-order valence-corrected chi connectivity index (χ3v) is 3.07. The maximum absolute atomic E-state index is 11.6. The average molecular weight is 284 g/mol.